The number of ether oxygens (including phenoxy) is 1. The molecule has 15 heavy (non-hydrogen) atoms. The summed E-state index contributed by atoms with van der Waals surface area (Å²) >= 11 is 0. The quantitative estimate of drug-likeness (QED) is 0.742. The summed E-state index contributed by atoms with van der Waals surface area (Å²) in [7, 11) is 0. The lowest BCUT2D eigenvalue weighted by Gasteiger charge is -2.12. The Balaban J connectivity index is 2.15. The first-order valence-electron chi connectivity index (χ1n) is 5.51. The molecule has 86 valence electrons. The second-order valence-electron chi connectivity index (χ2n) is 4.07. The molecule has 0 saturated carbocycles. The van der Waals surface area contributed by atoms with Gasteiger partial charge in [-0.2, -0.15) is 0 Å². The van der Waals surface area contributed by atoms with E-state index in [-0.39, 0.29) is 23.8 Å². The molecule has 1 fully saturated rings. The number of hydrogen-bond acceptors (Lipinski definition) is 3. The maximum absolute atomic E-state index is 11.4. The van der Waals surface area contributed by atoms with E-state index in [0.717, 1.165) is 25.9 Å². The maximum atomic E-state index is 11.4. The Labute approximate surface area is 90.4 Å². The van der Waals surface area contributed by atoms with Crippen LogP contribution in [-0.4, -0.2) is 30.4 Å². The van der Waals surface area contributed by atoms with Crippen molar-refractivity contribution >= 4 is 11.7 Å². The number of carbonyl (C=O) groups excluding carboxylic acids is 2. The van der Waals surface area contributed by atoms with Crippen molar-refractivity contribution in [1.29, 1.82) is 0 Å². The molecule has 1 amide bonds. The first-order valence-corrected chi connectivity index (χ1v) is 5.51. The van der Waals surface area contributed by atoms with Gasteiger partial charge in [0.1, 0.15) is 0 Å². The maximum Gasteiger partial charge on any atom is 0.220 e. The molecule has 0 bridgehead atoms. The lowest BCUT2D eigenvalue weighted by atomic mass is 10.1. The van der Waals surface area contributed by atoms with Gasteiger partial charge in [-0.05, 0) is 33.1 Å². The number of rotatable bonds is 5. The highest BCUT2D eigenvalue weighted by Gasteiger charge is 2.17. The standard InChI is InChI=1S/C11H19NO3/c1-8(9(2)13)12-11(14)6-5-10-4-3-7-15-10/h8,10H,3-7H2,1-2H3,(H,12,14). The predicted octanol–water partition coefficient (Wildman–Crippen LogP) is 1.04. The van der Waals surface area contributed by atoms with Gasteiger partial charge < -0.3 is 10.1 Å². The second kappa shape index (κ2) is 5.85. The Morgan fingerprint density at radius 1 is 1.53 bits per heavy atom. The summed E-state index contributed by atoms with van der Waals surface area (Å²) in [5.74, 6) is -0.0753. The van der Waals surface area contributed by atoms with Gasteiger partial charge in [-0.3, -0.25) is 9.59 Å². The van der Waals surface area contributed by atoms with Crippen LogP contribution in [0.15, 0.2) is 0 Å². The normalized spacial score (nSPS) is 22.4. The van der Waals surface area contributed by atoms with E-state index in [2.05, 4.69) is 5.32 Å². The van der Waals surface area contributed by atoms with Crippen LogP contribution in [0.2, 0.25) is 0 Å². The first-order chi connectivity index (χ1) is 7.09. The Bertz CT molecular complexity index is 234. The molecular weight excluding hydrogens is 194 g/mol. The summed E-state index contributed by atoms with van der Waals surface area (Å²) in [4.78, 5) is 22.3. The van der Waals surface area contributed by atoms with Crippen LogP contribution in [0.5, 0.6) is 0 Å². The lowest BCUT2D eigenvalue weighted by molar-refractivity contribution is -0.126. The van der Waals surface area contributed by atoms with Gasteiger partial charge in [-0.25, -0.2) is 0 Å². The van der Waals surface area contributed by atoms with Crippen molar-refractivity contribution in [3.05, 3.63) is 0 Å². The molecule has 0 spiro atoms. The van der Waals surface area contributed by atoms with Gasteiger partial charge in [-0.1, -0.05) is 0 Å². The van der Waals surface area contributed by atoms with Gasteiger partial charge >= 0.3 is 0 Å². The van der Waals surface area contributed by atoms with Crippen molar-refractivity contribution in [1.82, 2.24) is 5.32 Å². The molecule has 4 nitrogen and oxygen atoms in total. The molecule has 1 N–H and O–H groups in total. The number of carbonyl (C=O) groups is 2. The van der Waals surface area contributed by atoms with Gasteiger partial charge in [0, 0.05) is 13.0 Å². The van der Waals surface area contributed by atoms with Gasteiger partial charge in [0.25, 0.3) is 0 Å². The Morgan fingerprint density at radius 3 is 2.80 bits per heavy atom. The zero-order chi connectivity index (χ0) is 11.3. The summed E-state index contributed by atoms with van der Waals surface area (Å²) < 4.78 is 5.41. The molecule has 0 radical (unpaired) electrons. The molecule has 2 atom stereocenters. The Morgan fingerprint density at radius 2 is 2.27 bits per heavy atom. The molecule has 1 aliphatic rings. The van der Waals surface area contributed by atoms with Crippen LogP contribution in [0.4, 0.5) is 0 Å². The third kappa shape index (κ3) is 4.42. The fraction of sp³-hybridized carbons (Fsp3) is 0.818. The molecule has 0 aliphatic carbocycles. The topological polar surface area (TPSA) is 55.4 Å². The van der Waals surface area contributed by atoms with Crippen molar-refractivity contribution in [3.8, 4) is 0 Å². The molecule has 4 heteroatoms. The summed E-state index contributed by atoms with van der Waals surface area (Å²) in [5.41, 5.74) is 0. The minimum absolute atomic E-state index is 0.0135. The van der Waals surface area contributed by atoms with E-state index >= 15 is 0 Å². The molecule has 1 aliphatic heterocycles. The van der Waals surface area contributed by atoms with Crippen LogP contribution in [0.3, 0.4) is 0 Å². The zero-order valence-electron chi connectivity index (χ0n) is 9.41. The predicted molar refractivity (Wildman–Crippen MR) is 56.5 cm³/mol. The van der Waals surface area contributed by atoms with E-state index in [1.54, 1.807) is 6.92 Å². The monoisotopic (exact) mass is 213 g/mol. The highest BCUT2D eigenvalue weighted by atomic mass is 16.5. The molecule has 0 aromatic heterocycles. The van der Waals surface area contributed by atoms with Gasteiger partial charge in [0.15, 0.2) is 5.78 Å². The Hall–Kier alpha value is -0.900. The highest BCUT2D eigenvalue weighted by molar-refractivity contribution is 5.87. The lowest BCUT2D eigenvalue weighted by Crippen LogP contribution is -2.37. The van der Waals surface area contributed by atoms with E-state index in [4.69, 9.17) is 4.74 Å². The number of nitrogens with one attached hydrogen (secondary N) is 1. The van der Waals surface area contributed by atoms with Crippen molar-refractivity contribution < 1.29 is 14.3 Å². The second-order valence-corrected chi connectivity index (χ2v) is 4.07. The SMILES string of the molecule is CC(=O)C(C)NC(=O)CCC1CCCO1. The molecular formula is C11H19NO3. The summed E-state index contributed by atoms with van der Waals surface area (Å²) in [6, 6.07) is -0.373. The fourth-order valence-electron chi connectivity index (χ4n) is 1.58. The average Bonchev–Trinajstić information content (AvgIpc) is 2.66. The molecule has 0 aromatic carbocycles. The number of Topliss-reactive ketones (excluding diaryl/α,β-unsaturated/α-hetero) is 1. The number of ketones is 1. The third-order valence-electron chi connectivity index (χ3n) is 2.70. The fourth-order valence-corrected chi connectivity index (χ4v) is 1.58. The van der Waals surface area contributed by atoms with Crippen LogP contribution in [-0.2, 0) is 14.3 Å². The van der Waals surface area contributed by atoms with Crippen LogP contribution in [0.25, 0.3) is 0 Å². The van der Waals surface area contributed by atoms with Gasteiger partial charge in [0.05, 0.1) is 12.1 Å². The summed E-state index contributed by atoms with van der Waals surface area (Å²) in [5, 5.41) is 2.66. The van der Waals surface area contributed by atoms with Crippen LogP contribution in [0, 0.1) is 0 Å². The Kier molecular flexibility index (Phi) is 4.75. The van der Waals surface area contributed by atoms with Crippen molar-refractivity contribution in [3.63, 3.8) is 0 Å². The molecule has 0 aromatic rings. The van der Waals surface area contributed by atoms with E-state index in [1.165, 1.54) is 6.92 Å². The van der Waals surface area contributed by atoms with E-state index in [1.807, 2.05) is 0 Å². The van der Waals surface area contributed by atoms with Crippen LogP contribution < -0.4 is 5.32 Å². The van der Waals surface area contributed by atoms with Crippen LogP contribution >= 0.6 is 0 Å². The molecule has 1 heterocycles. The summed E-state index contributed by atoms with van der Waals surface area (Å²) in [6.45, 7) is 3.99. The minimum atomic E-state index is -0.373. The molecule has 1 saturated heterocycles. The number of hydrogen-bond donors (Lipinski definition) is 1. The van der Waals surface area contributed by atoms with Crippen LogP contribution in [0.1, 0.15) is 39.5 Å². The van der Waals surface area contributed by atoms with E-state index < -0.39 is 0 Å². The third-order valence-corrected chi connectivity index (χ3v) is 2.70. The van der Waals surface area contributed by atoms with Crippen molar-refractivity contribution in [2.24, 2.45) is 0 Å². The van der Waals surface area contributed by atoms with E-state index in [0.29, 0.717) is 6.42 Å². The van der Waals surface area contributed by atoms with Gasteiger partial charge in [-0.15, -0.1) is 0 Å². The molecule has 2 unspecified atom stereocenters. The summed E-state index contributed by atoms with van der Waals surface area (Å²) in [6.07, 6.45) is 3.59. The van der Waals surface area contributed by atoms with Gasteiger partial charge in [0.2, 0.25) is 5.91 Å². The highest BCUT2D eigenvalue weighted by Crippen LogP contribution is 2.16. The van der Waals surface area contributed by atoms with E-state index in [9.17, 15) is 9.59 Å². The van der Waals surface area contributed by atoms with Crippen molar-refractivity contribution in [2.75, 3.05) is 6.61 Å². The largest absolute Gasteiger partial charge is 0.378 e. The number of amides is 1. The average molecular weight is 213 g/mol. The first kappa shape index (κ1) is 12.2. The molecule has 1 rings (SSSR count). The zero-order valence-corrected chi connectivity index (χ0v) is 9.41. The smallest absolute Gasteiger partial charge is 0.220 e. The van der Waals surface area contributed by atoms with Crippen molar-refractivity contribution in [2.45, 2.75) is 51.7 Å². The minimum Gasteiger partial charge on any atom is -0.378 e.